The summed E-state index contributed by atoms with van der Waals surface area (Å²) in [5, 5.41) is 4.01. The summed E-state index contributed by atoms with van der Waals surface area (Å²) in [6.07, 6.45) is 5.33. The van der Waals surface area contributed by atoms with Crippen molar-refractivity contribution in [3.8, 4) is 22.5 Å². The van der Waals surface area contributed by atoms with Gasteiger partial charge in [0.2, 0.25) is 5.91 Å². The minimum atomic E-state index is -0.0657. The molecule has 1 heterocycles. The van der Waals surface area contributed by atoms with Crippen LogP contribution in [0.25, 0.3) is 28.6 Å². The van der Waals surface area contributed by atoms with E-state index in [-0.39, 0.29) is 5.91 Å². The molecule has 4 nitrogen and oxygen atoms in total. The Kier molecular flexibility index (Phi) is 8.96. The molecule has 0 fully saturated rings. The van der Waals surface area contributed by atoms with Gasteiger partial charge in [0.1, 0.15) is 0 Å². The van der Waals surface area contributed by atoms with E-state index in [1.807, 2.05) is 48.5 Å². The van der Waals surface area contributed by atoms with Gasteiger partial charge in [0.25, 0.3) is 0 Å². The smallest absolute Gasteiger partial charge is 0.243 e. The van der Waals surface area contributed by atoms with Gasteiger partial charge in [-0.2, -0.15) is 0 Å². The molecular weight excluding hydrogens is 450 g/mol. The molecule has 0 aliphatic rings. The molecule has 0 saturated carbocycles. The first-order valence-corrected chi connectivity index (χ1v) is 13.1. The molecule has 0 spiro atoms. The van der Waals surface area contributed by atoms with Crippen LogP contribution in [-0.4, -0.2) is 27.8 Å². The second-order valence-corrected chi connectivity index (χ2v) is 9.27. The van der Waals surface area contributed by atoms with Gasteiger partial charge in [0, 0.05) is 36.0 Å². The van der Waals surface area contributed by atoms with Crippen LogP contribution in [-0.2, 0) is 11.3 Å². The number of imidazole rings is 1. The fourth-order valence-corrected chi connectivity index (χ4v) is 4.87. The van der Waals surface area contributed by atoms with Crippen LogP contribution in [0.5, 0.6) is 0 Å². The molecule has 4 aromatic rings. The predicted molar refractivity (Wildman–Crippen MR) is 147 cm³/mol. The van der Waals surface area contributed by atoms with Gasteiger partial charge in [0.15, 0.2) is 5.16 Å². The van der Waals surface area contributed by atoms with Gasteiger partial charge >= 0.3 is 0 Å². The highest BCUT2D eigenvalue weighted by molar-refractivity contribution is 7.99. The van der Waals surface area contributed by atoms with Crippen molar-refractivity contribution in [2.45, 2.75) is 31.5 Å². The maximum Gasteiger partial charge on any atom is 0.243 e. The van der Waals surface area contributed by atoms with E-state index in [2.05, 4.69) is 65.3 Å². The molecule has 3 aromatic carbocycles. The van der Waals surface area contributed by atoms with Crippen molar-refractivity contribution in [2.75, 3.05) is 12.3 Å². The molecule has 0 unspecified atom stereocenters. The number of hydrogen-bond donors (Lipinski definition) is 1. The summed E-state index contributed by atoms with van der Waals surface area (Å²) in [5.74, 6) is 0.815. The van der Waals surface area contributed by atoms with Gasteiger partial charge in [-0.25, -0.2) is 4.98 Å². The Bertz CT molecular complexity index is 1230. The fraction of sp³-hybridized carbons (Fsp3) is 0.200. The highest BCUT2D eigenvalue weighted by Crippen LogP contribution is 2.36. The van der Waals surface area contributed by atoms with E-state index >= 15 is 0 Å². The standard InChI is InChI=1S/C30H31N3OS/c1-2-22-33-29(26-17-10-5-11-18-26)28(25-15-8-4-9-16-25)32-30(33)35-23-12-21-31-27(34)20-19-24-13-6-3-7-14-24/h3-11,13-20H,2,12,21-23H2,1H3,(H,31,34). The lowest BCUT2D eigenvalue weighted by molar-refractivity contribution is -0.116. The molecular formula is C30H31N3OS. The largest absolute Gasteiger partial charge is 0.353 e. The van der Waals surface area contributed by atoms with Gasteiger partial charge < -0.3 is 9.88 Å². The third-order valence-corrected chi connectivity index (χ3v) is 6.62. The molecule has 1 N–H and O–H groups in total. The minimum absolute atomic E-state index is 0.0657. The van der Waals surface area contributed by atoms with Crippen molar-refractivity contribution in [3.05, 3.63) is 103 Å². The molecule has 0 aliphatic carbocycles. The van der Waals surface area contributed by atoms with Crippen LogP contribution in [0, 0.1) is 0 Å². The molecule has 0 saturated heterocycles. The Labute approximate surface area is 212 Å². The maximum absolute atomic E-state index is 12.1. The van der Waals surface area contributed by atoms with E-state index in [0.29, 0.717) is 6.54 Å². The highest BCUT2D eigenvalue weighted by atomic mass is 32.2. The zero-order valence-corrected chi connectivity index (χ0v) is 20.9. The van der Waals surface area contributed by atoms with Crippen LogP contribution < -0.4 is 5.32 Å². The monoisotopic (exact) mass is 481 g/mol. The lowest BCUT2D eigenvalue weighted by Gasteiger charge is -2.12. The Morgan fingerprint density at radius 1 is 0.914 bits per heavy atom. The summed E-state index contributed by atoms with van der Waals surface area (Å²) in [4.78, 5) is 17.2. The molecule has 0 radical (unpaired) electrons. The molecule has 0 aliphatic heterocycles. The molecule has 1 aromatic heterocycles. The third-order valence-electron chi connectivity index (χ3n) is 5.55. The van der Waals surface area contributed by atoms with Crippen LogP contribution in [0.4, 0.5) is 0 Å². The number of nitrogens with zero attached hydrogens (tertiary/aromatic N) is 2. The van der Waals surface area contributed by atoms with E-state index in [1.54, 1.807) is 17.8 Å². The van der Waals surface area contributed by atoms with Crippen LogP contribution in [0.15, 0.2) is 102 Å². The number of amides is 1. The summed E-state index contributed by atoms with van der Waals surface area (Å²) < 4.78 is 2.35. The molecule has 35 heavy (non-hydrogen) atoms. The van der Waals surface area contributed by atoms with Crippen LogP contribution in [0.3, 0.4) is 0 Å². The number of carbonyl (C=O) groups is 1. The van der Waals surface area contributed by atoms with Gasteiger partial charge in [0.05, 0.1) is 11.4 Å². The number of hydrogen-bond acceptors (Lipinski definition) is 3. The number of benzene rings is 3. The summed E-state index contributed by atoms with van der Waals surface area (Å²) in [7, 11) is 0. The number of carbonyl (C=O) groups excluding carboxylic acids is 1. The Morgan fingerprint density at radius 2 is 1.54 bits per heavy atom. The maximum atomic E-state index is 12.1. The first-order chi connectivity index (χ1) is 17.3. The normalized spacial score (nSPS) is 11.1. The quantitative estimate of drug-likeness (QED) is 0.143. The first kappa shape index (κ1) is 24.6. The average molecular weight is 482 g/mol. The van der Waals surface area contributed by atoms with Crippen molar-refractivity contribution < 1.29 is 4.79 Å². The van der Waals surface area contributed by atoms with Crippen molar-refractivity contribution in [2.24, 2.45) is 0 Å². The topological polar surface area (TPSA) is 46.9 Å². The third kappa shape index (κ3) is 6.74. The second kappa shape index (κ2) is 12.8. The fourth-order valence-electron chi connectivity index (χ4n) is 3.90. The van der Waals surface area contributed by atoms with Gasteiger partial charge in [-0.1, -0.05) is 110 Å². The zero-order valence-electron chi connectivity index (χ0n) is 20.1. The van der Waals surface area contributed by atoms with Gasteiger partial charge in [-0.3, -0.25) is 4.79 Å². The average Bonchev–Trinajstić information content (AvgIpc) is 3.27. The number of aromatic nitrogens is 2. The minimum Gasteiger partial charge on any atom is -0.353 e. The number of nitrogens with one attached hydrogen (secondary N) is 1. The van der Waals surface area contributed by atoms with Crippen LogP contribution in [0.1, 0.15) is 25.3 Å². The molecule has 0 atom stereocenters. The molecule has 4 rings (SSSR count). The van der Waals surface area contributed by atoms with Crippen LogP contribution in [0.2, 0.25) is 0 Å². The lowest BCUT2D eigenvalue weighted by Crippen LogP contribution is -2.22. The molecule has 0 bridgehead atoms. The zero-order chi connectivity index (χ0) is 24.3. The Morgan fingerprint density at radius 3 is 2.20 bits per heavy atom. The molecule has 178 valence electrons. The second-order valence-electron chi connectivity index (χ2n) is 8.21. The van der Waals surface area contributed by atoms with Crippen molar-refractivity contribution in [3.63, 3.8) is 0 Å². The van der Waals surface area contributed by atoms with Gasteiger partial charge in [-0.05, 0) is 24.5 Å². The molecule has 1 amide bonds. The molecule has 5 heteroatoms. The number of thioether (sulfide) groups is 1. The van der Waals surface area contributed by atoms with Crippen molar-refractivity contribution in [1.29, 1.82) is 0 Å². The Hall–Kier alpha value is -3.57. The van der Waals surface area contributed by atoms with E-state index < -0.39 is 0 Å². The summed E-state index contributed by atoms with van der Waals surface area (Å²) in [6.45, 7) is 3.74. The van der Waals surface area contributed by atoms with Crippen LogP contribution >= 0.6 is 11.8 Å². The SMILES string of the molecule is CCCn1c(SCCCNC(=O)C=Cc2ccccc2)nc(-c2ccccc2)c1-c1ccccc1. The summed E-state index contributed by atoms with van der Waals surface area (Å²) >= 11 is 1.76. The lowest BCUT2D eigenvalue weighted by atomic mass is 10.0. The van der Waals surface area contributed by atoms with Gasteiger partial charge in [-0.15, -0.1) is 0 Å². The van der Waals surface area contributed by atoms with Crippen molar-refractivity contribution in [1.82, 2.24) is 14.9 Å². The highest BCUT2D eigenvalue weighted by Gasteiger charge is 2.19. The predicted octanol–water partition coefficient (Wildman–Crippen LogP) is 6.94. The summed E-state index contributed by atoms with van der Waals surface area (Å²) in [6, 6.07) is 30.8. The first-order valence-electron chi connectivity index (χ1n) is 12.1. The van der Waals surface area contributed by atoms with E-state index in [0.717, 1.165) is 47.1 Å². The van der Waals surface area contributed by atoms with E-state index in [1.165, 1.54) is 11.3 Å². The van der Waals surface area contributed by atoms with E-state index in [4.69, 9.17) is 4.98 Å². The summed E-state index contributed by atoms with van der Waals surface area (Å²) in [5.41, 5.74) is 5.51. The van der Waals surface area contributed by atoms with E-state index in [9.17, 15) is 4.79 Å². The Balaban J connectivity index is 1.43. The number of rotatable bonds is 11. The van der Waals surface area contributed by atoms with Crippen molar-refractivity contribution >= 4 is 23.7 Å².